The molecule has 2 aromatic heterocycles. The van der Waals surface area contributed by atoms with Crippen LogP contribution in [0.1, 0.15) is 13.3 Å². The van der Waals surface area contributed by atoms with E-state index >= 15 is 0 Å². The lowest BCUT2D eigenvalue weighted by Crippen LogP contribution is -2.40. The Kier molecular flexibility index (Phi) is 2.97. The Labute approximate surface area is 110 Å². The number of rotatable bonds is 1. The largest absolute Gasteiger partial charge is 0.355 e. The first-order chi connectivity index (χ1) is 8.25. The van der Waals surface area contributed by atoms with Gasteiger partial charge in [-0.1, -0.05) is 6.92 Å². The Morgan fingerprint density at radius 2 is 2.35 bits per heavy atom. The second-order valence-corrected chi connectivity index (χ2v) is 6.20. The van der Waals surface area contributed by atoms with Crippen LogP contribution < -0.4 is 4.90 Å². The highest BCUT2D eigenvalue weighted by atomic mass is 35.5. The SMILES string of the molecule is CC1CCN(c2nccc3sccc23)CC1Cl. The number of alkyl halides is 1. The summed E-state index contributed by atoms with van der Waals surface area (Å²) in [6.07, 6.45) is 3.05. The molecule has 3 heterocycles. The average Bonchev–Trinajstić information content (AvgIpc) is 2.80. The molecule has 1 saturated heterocycles. The Balaban J connectivity index is 1.96. The number of anilines is 1. The molecule has 0 spiro atoms. The maximum Gasteiger partial charge on any atom is 0.137 e. The summed E-state index contributed by atoms with van der Waals surface area (Å²) in [7, 11) is 0. The van der Waals surface area contributed by atoms with Crippen LogP contribution in [0.5, 0.6) is 0 Å². The fraction of sp³-hybridized carbons (Fsp3) is 0.462. The average molecular weight is 267 g/mol. The molecule has 90 valence electrons. The summed E-state index contributed by atoms with van der Waals surface area (Å²) in [6.45, 7) is 4.20. The van der Waals surface area contributed by atoms with Gasteiger partial charge in [0.25, 0.3) is 0 Å². The van der Waals surface area contributed by atoms with Crippen LogP contribution in [-0.4, -0.2) is 23.5 Å². The van der Waals surface area contributed by atoms with Crippen molar-refractivity contribution in [2.75, 3.05) is 18.0 Å². The van der Waals surface area contributed by atoms with Crippen molar-refractivity contribution < 1.29 is 0 Å². The third-order valence-corrected chi connectivity index (χ3v) is 4.98. The Morgan fingerprint density at radius 3 is 3.18 bits per heavy atom. The number of hydrogen-bond donors (Lipinski definition) is 0. The van der Waals surface area contributed by atoms with Crippen LogP contribution in [0.25, 0.3) is 10.1 Å². The van der Waals surface area contributed by atoms with Crippen molar-refractivity contribution in [2.45, 2.75) is 18.7 Å². The van der Waals surface area contributed by atoms with Crippen molar-refractivity contribution in [1.29, 1.82) is 0 Å². The van der Waals surface area contributed by atoms with Crippen LogP contribution in [0.4, 0.5) is 5.82 Å². The molecule has 0 bridgehead atoms. The molecule has 17 heavy (non-hydrogen) atoms. The maximum atomic E-state index is 6.37. The zero-order valence-electron chi connectivity index (χ0n) is 9.77. The van der Waals surface area contributed by atoms with E-state index in [2.05, 4.69) is 34.3 Å². The predicted octanol–water partition coefficient (Wildman–Crippen LogP) is 3.75. The van der Waals surface area contributed by atoms with Gasteiger partial charge in [-0.15, -0.1) is 22.9 Å². The summed E-state index contributed by atoms with van der Waals surface area (Å²) in [6, 6.07) is 4.23. The number of hydrogen-bond acceptors (Lipinski definition) is 3. The molecular weight excluding hydrogens is 252 g/mol. The second-order valence-electron chi connectivity index (χ2n) is 4.69. The molecule has 0 aliphatic carbocycles. The Hall–Kier alpha value is -0.800. The molecule has 0 radical (unpaired) electrons. The van der Waals surface area contributed by atoms with Gasteiger partial charge < -0.3 is 4.90 Å². The number of aromatic nitrogens is 1. The lowest BCUT2D eigenvalue weighted by Gasteiger charge is -2.35. The third kappa shape index (κ3) is 2.02. The van der Waals surface area contributed by atoms with Crippen LogP contribution in [0.3, 0.4) is 0 Å². The normalized spacial score (nSPS) is 25.4. The van der Waals surface area contributed by atoms with Crippen molar-refractivity contribution in [3.63, 3.8) is 0 Å². The number of piperidine rings is 1. The van der Waals surface area contributed by atoms with Crippen molar-refractivity contribution in [2.24, 2.45) is 5.92 Å². The van der Waals surface area contributed by atoms with Gasteiger partial charge in [0.1, 0.15) is 5.82 Å². The Morgan fingerprint density at radius 1 is 1.47 bits per heavy atom. The van der Waals surface area contributed by atoms with Gasteiger partial charge in [-0.2, -0.15) is 0 Å². The van der Waals surface area contributed by atoms with Crippen molar-refractivity contribution in [3.05, 3.63) is 23.7 Å². The van der Waals surface area contributed by atoms with Crippen LogP contribution in [0.2, 0.25) is 0 Å². The number of nitrogens with zero attached hydrogens (tertiary/aromatic N) is 2. The van der Waals surface area contributed by atoms with E-state index in [-0.39, 0.29) is 5.38 Å². The zero-order valence-corrected chi connectivity index (χ0v) is 11.3. The smallest absolute Gasteiger partial charge is 0.137 e. The van der Waals surface area contributed by atoms with Crippen LogP contribution >= 0.6 is 22.9 Å². The summed E-state index contributed by atoms with van der Waals surface area (Å²) in [5.41, 5.74) is 0. The Bertz CT molecular complexity index is 525. The van der Waals surface area contributed by atoms with Gasteiger partial charge in [0, 0.05) is 29.4 Å². The summed E-state index contributed by atoms with van der Waals surface area (Å²) in [5, 5.41) is 3.62. The van der Waals surface area contributed by atoms with Gasteiger partial charge in [0.2, 0.25) is 0 Å². The molecular formula is C13H15ClN2S. The highest BCUT2D eigenvalue weighted by Gasteiger charge is 2.26. The fourth-order valence-electron chi connectivity index (χ4n) is 2.35. The number of halogens is 1. The monoisotopic (exact) mass is 266 g/mol. The van der Waals surface area contributed by atoms with Gasteiger partial charge >= 0.3 is 0 Å². The molecule has 2 nitrogen and oxygen atoms in total. The molecule has 2 unspecified atom stereocenters. The minimum atomic E-state index is 0.236. The van der Waals surface area contributed by atoms with E-state index in [0.29, 0.717) is 5.92 Å². The lowest BCUT2D eigenvalue weighted by atomic mass is 9.98. The summed E-state index contributed by atoms with van der Waals surface area (Å²) < 4.78 is 1.31. The maximum absolute atomic E-state index is 6.37. The molecule has 0 aromatic carbocycles. The first-order valence-electron chi connectivity index (χ1n) is 5.97. The molecule has 4 heteroatoms. The first kappa shape index (κ1) is 11.3. The molecule has 0 amide bonds. The van der Waals surface area contributed by atoms with Crippen molar-refractivity contribution in [1.82, 2.24) is 4.98 Å². The highest BCUT2D eigenvalue weighted by Crippen LogP contribution is 2.32. The quantitative estimate of drug-likeness (QED) is 0.731. The van der Waals surface area contributed by atoms with E-state index in [9.17, 15) is 0 Å². The van der Waals surface area contributed by atoms with E-state index in [1.54, 1.807) is 11.3 Å². The van der Waals surface area contributed by atoms with Crippen molar-refractivity contribution in [3.8, 4) is 0 Å². The summed E-state index contributed by atoms with van der Waals surface area (Å²) in [4.78, 5) is 6.86. The standard InChI is InChI=1S/C13H15ClN2S/c1-9-3-6-16(8-11(9)14)13-10-4-7-17-12(10)2-5-15-13/h2,4-5,7,9,11H,3,6,8H2,1H3. The number of pyridine rings is 1. The summed E-state index contributed by atoms with van der Waals surface area (Å²) >= 11 is 8.14. The summed E-state index contributed by atoms with van der Waals surface area (Å²) in [5.74, 6) is 1.70. The highest BCUT2D eigenvalue weighted by molar-refractivity contribution is 7.17. The third-order valence-electron chi connectivity index (χ3n) is 3.52. The minimum Gasteiger partial charge on any atom is -0.355 e. The lowest BCUT2D eigenvalue weighted by molar-refractivity contribution is 0.444. The fourth-order valence-corrected chi connectivity index (χ4v) is 3.42. The predicted molar refractivity (Wildman–Crippen MR) is 75.3 cm³/mol. The molecule has 1 aliphatic rings. The topological polar surface area (TPSA) is 16.1 Å². The van der Waals surface area contributed by atoms with E-state index in [4.69, 9.17) is 11.6 Å². The number of fused-ring (bicyclic) bond motifs is 1. The van der Waals surface area contributed by atoms with E-state index < -0.39 is 0 Å². The van der Waals surface area contributed by atoms with Gasteiger partial charge in [-0.25, -0.2) is 4.98 Å². The van der Waals surface area contributed by atoms with Gasteiger partial charge in [0.05, 0.1) is 5.38 Å². The molecule has 0 N–H and O–H groups in total. The number of thiophene rings is 1. The van der Waals surface area contributed by atoms with E-state index in [0.717, 1.165) is 25.3 Å². The molecule has 2 atom stereocenters. The minimum absolute atomic E-state index is 0.236. The zero-order chi connectivity index (χ0) is 11.8. The van der Waals surface area contributed by atoms with Gasteiger partial charge in [0.15, 0.2) is 0 Å². The first-order valence-corrected chi connectivity index (χ1v) is 7.28. The van der Waals surface area contributed by atoms with E-state index in [1.807, 2.05) is 6.20 Å². The molecule has 2 aromatic rings. The molecule has 0 saturated carbocycles. The molecule has 1 aliphatic heterocycles. The van der Waals surface area contributed by atoms with Crippen LogP contribution in [-0.2, 0) is 0 Å². The van der Waals surface area contributed by atoms with Gasteiger partial charge in [-0.3, -0.25) is 0 Å². The van der Waals surface area contributed by atoms with Crippen LogP contribution in [0, 0.1) is 5.92 Å². The molecule has 1 fully saturated rings. The van der Waals surface area contributed by atoms with Crippen LogP contribution in [0.15, 0.2) is 23.7 Å². The van der Waals surface area contributed by atoms with Crippen molar-refractivity contribution >= 4 is 38.8 Å². The van der Waals surface area contributed by atoms with Gasteiger partial charge in [-0.05, 0) is 29.9 Å². The second kappa shape index (κ2) is 4.46. The molecule has 3 rings (SSSR count). The van der Waals surface area contributed by atoms with E-state index in [1.165, 1.54) is 10.1 Å².